The van der Waals surface area contributed by atoms with Gasteiger partial charge in [0, 0.05) is 25.2 Å². The van der Waals surface area contributed by atoms with Crippen LogP contribution >= 0.6 is 66.5 Å². The number of unbranched alkanes of at least 4 members (excludes halogenated alkanes) is 5. The highest BCUT2D eigenvalue weighted by atomic mass is 35.8. The summed E-state index contributed by atoms with van der Waals surface area (Å²) in [7, 11) is 0. The summed E-state index contributed by atoms with van der Waals surface area (Å²) in [6, 6.07) is -6.74. The van der Waals surface area contributed by atoms with Crippen molar-refractivity contribution in [1.29, 1.82) is 0 Å². The fourth-order valence-corrected chi connectivity index (χ4v) is 11.7. The summed E-state index contributed by atoms with van der Waals surface area (Å²) >= 11 is 39.3. The smallest absolute Gasteiger partial charge is 0.369 e. The van der Waals surface area contributed by atoms with Crippen molar-refractivity contribution >= 4 is 78.5 Å². The van der Waals surface area contributed by atoms with E-state index in [-0.39, 0.29) is 6.61 Å². The van der Waals surface area contributed by atoms with Crippen molar-refractivity contribution in [3.63, 3.8) is 0 Å². The van der Waals surface area contributed by atoms with Gasteiger partial charge >= 0.3 is 12.0 Å². The van der Waals surface area contributed by atoms with Crippen molar-refractivity contribution in [2.45, 2.75) is 96.9 Å². The number of rotatable bonds is 20. The first-order chi connectivity index (χ1) is 14.5. The van der Waals surface area contributed by atoms with Gasteiger partial charge in [-0.2, -0.15) is 0 Å². The standard InChI is InChI=1S/C20H40Cl6O3Si2/c1-5-9-10-11-12-13-16-27-17-20(8-4,18(28-14-6-2)30(21,22)23)19(29-15-7-3)31(24,25)26/h18-19H,5-17H2,1-4H3. The molecule has 0 aliphatic rings. The Morgan fingerprint density at radius 2 is 1.06 bits per heavy atom. The molecule has 0 N–H and O–H groups in total. The van der Waals surface area contributed by atoms with Crippen LogP contribution in [0.1, 0.15) is 85.5 Å². The van der Waals surface area contributed by atoms with Crippen molar-refractivity contribution in [3.05, 3.63) is 0 Å². The number of ether oxygens (including phenoxy) is 3. The average Bonchev–Trinajstić information content (AvgIpc) is 2.67. The molecule has 3 nitrogen and oxygen atoms in total. The number of halogens is 6. The van der Waals surface area contributed by atoms with Crippen LogP contribution in [0.15, 0.2) is 0 Å². The normalized spacial score (nSPS) is 16.8. The second kappa shape index (κ2) is 17.5. The van der Waals surface area contributed by atoms with E-state index in [2.05, 4.69) is 6.92 Å². The second-order valence-corrected chi connectivity index (χ2v) is 25.4. The van der Waals surface area contributed by atoms with Crippen LogP contribution in [0.5, 0.6) is 0 Å². The van der Waals surface area contributed by atoms with E-state index in [0.717, 1.165) is 25.7 Å². The molecule has 0 saturated carbocycles. The maximum absolute atomic E-state index is 6.56. The Balaban J connectivity index is 5.67. The first-order valence-electron chi connectivity index (χ1n) is 11.5. The Labute approximate surface area is 220 Å². The first kappa shape index (κ1) is 33.1. The lowest BCUT2D eigenvalue weighted by atomic mass is 9.86. The van der Waals surface area contributed by atoms with Crippen LogP contribution in [0.2, 0.25) is 0 Å². The van der Waals surface area contributed by atoms with Crippen LogP contribution in [-0.2, 0) is 14.2 Å². The summed E-state index contributed by atoms with van der Waals surface area (Å²) in [5.41, 5.74) is -2.25. The molecule has 0 aromatic rings. The van der Waals surface area contributed by atoms with Gasteiger partial charge in [0.1, 0.15) is 11.5 Å². The van der Waals surface area contributed by atoms with Crippen LogP contribution in [0.4, 0.5) is 0 Å². The zero-order chi connectivity index (χ0) is 24.0. The van der Waals surface area contributed by atoms with Crippen molar-refractivity contribution in [3.8, 4) is 0 Å². The van der Waals surface area contributed by atoms with Gasteiger partial charge in [0.2, 0.25) is 0 Å². The van der Waals surface area contributed by atoms with Gasteiger partial charge < -0.3 is 14.2 Å². The summed E-state index contributed by atoms with van der Waals surface area (Å²) in [4.78, 5) is 0. The molecule has 0 heterocycles. The Morgan fingerprint density at radius 3 is 1.45 bits per heavy atom. The molecule has 2 unspecified atom stereocenters. The van der Waals surface area contributed by atoms with Gasteiger partial charge in [0.15, 0.2) is 0 Å². The molecule has 0 aliphatic heterocycles. The minimum Gasteiger partial charge on any atom is -0.381 e. The first-order valence-corrected chi connectivity index (χ1v) is 21.7. The summed E-state index contributed by atoms with van der Waals surface area (Å²) < 4.78 is 18.4. The molecule has 0 amide bonds. The van der Waals surface area contributed by atoms with E-state index in [0.29, 0.717) is 26.2 Å². The molecule has 31 heavy (non-hydrogen) atoms. The van der Waals surface area contributed by atoms with E-state index in [1.54, 1.807) is 0 Å². The van der Waals surface area contributed by atoms with Crippen molar-refractivity contribution in [2.24, 2.45) is 5.41 Å². The third-order valence-corrected chi connectivity index (χ3v) is 11.5. The van der Waals surface area contributed by atoms with Gasteiger partial charge in [-0.05, 0) is 25.7 Å². The number of hydrogen-bond acceptors (Lipinski definition) is 3. The minimum atomic E-state index is -3.37. The Morgan fingerprint density at radius 1 is 0.613 bits per heavy atom. The van der Waals surface area contributed by atoms with E-state index >= 15 is 0 Å². The zero-order valence-corrected chi connectivity index (χ0v) is 25.9. The van der Waals surface area contributed by atoms with E-state index in [1.165, 1.54) is 25.7 Å². The molecule has 0 aromatic heterocycles. The van der Waals surface area contributed by atoms with E-state index < -0.39 is 28.9 Å². The van der Waals surface area contributed by atoms with Crippen LogP contribution in [0.25, 0.3) is 0 Å². The van der Waals surface area contributed by atoms with Gasteiger partial charge in [-0.3, -0.25) is 0 Å². The fourth-order valence-electron chi connectivity index (χ4n) is 3.65. The van der Waals surface area contributed by atoms with Crippen LogP contribution in [0, 0.1) is 5.41 Å². The fraction of sp³-hybridized carbons (Fsp3) is 1.00. The molecule has 0 fully saturated rings. The summed E-state index contributed by atoms with van der Waals surface area (Å²) in [5.74, 6) is 0. The predicted octanol–water partition coefficient (Wildman–Crippen LogP) is 8.74. The Kier molecular flexibility index (Phi) is 18.6. The molecule has 0 spiro atoms. The highest BCUT2D eigenvalue weighted by Crippen LogP contribution is 2.49. The molecule has 0 bridgehead atoms. The predicted molar refractivity (Wildman–Crippen MR) is 144 cm³/mol. The largest absolute Gasteiger partial charge is 0.381 e. The summed E-state index contributed by atoms with van der Waals surface area (Å²) in [5, 5.41) is 0. The van der Waals surface area contributed by atoms with Gasteiger partial charge in [-0.15, -0.1) is 66.5 Å². The SMILES string of the molecule is CCCCCCCCOCC(CC)(C(OCCC)[Si](Cl)(Cl)Cl)C(OCCC)[Si](Cl)(Cl)Cl. The summed E-state index contributed by atoms with van der Waals surface area (Å²) in [6.45, 7) is 10.0. The molecular formula is C20H40Cl6O3Si2. The third-order valence-electron chi connectivity index (χ3n) is 5.29. The molecule has 0 rings (SSSR count). The van der Waals surface area contributed by atoms with Gasteiger partial charge in [-0.1, -0.05) is 59.8 Å². The molecule has 2 atom stereocenters. The lowest BCUT2D eigenvalue weighted by Crippen LogP contribution is -2.62. The van der Waals surface area contributed by atoms with E-state index in [4.69, 9.17) is 80.7 Å². The molecule has 0 aromatic carbocycles. The second-order valence-electron chi connectivity index (χ2n) is 7.99. The van der Waals surface area contributed by atoms with Crippen LogP contribution in [0.3, 0.4) is 0 Å². The van der Waals surface area contributed by atoms with Gasteiger partial charge in [-0.25, -0.2) is 0 Å². The Bertz CT molecular complexity index is 424. The number of hydrogen-bond donors (Lipinski definition) is 0. The van der Waals surface area contributed by atoms with E-state index in [9.17, 15) is 0 Å². The zero-order valence-electron chi connectivity index (χ0n) is 19.3. The van der Waals surface area contributed by atoms with Gasteiger partial charge in [0.05, 0.1) is 6.61 Å². The molecule has 188 valence electrons. The van der Waals surface area contributed by atoms with Crippen LogP contribution < -0.4 is 0 Å². The van der Waals surface area contributed by atoms with Gasteiger partial charge in [0.25, 0.3) is 0 Å². The molecule has 11 heteroatoms. The lowest BCUT2D eigenvalue weighted by Gasteiger charge is -2.48. The minimum absolute atomic E-state index is 0.267. The average molecular weight is 597 g/mol. The Hall–Kier alpha value is 2.05. The maximum atomic E-state index is 6.56. The topological polar surface area (TPSA) is 27.7 Å². The molecular weight excluding hydrogens is 557 g/mol. The highest BCUT2D eigenvalue weighted by Gasteiger charge is 2.61. The van der Waals surface area contributed by atoms with Crippen molar-refractivity contribution < 1.29 is 14.2 Å². The monoisotopic (exact) mass is 594 g/mol. The summed E-state index contributed by atoms with van der Waals surface area (Å²) in [6.07, 6.45) is 9.20. The van der Waals surface area contributed by atoms with Crippen LogP contribution in [-0.4, -0.2) is 49.9 Å². The molecule has 0 saturated heterocycles. The van der Waals surface area contributed by atoms with Crippen molar-refractivity contribution in [1.82, 2.24) is 0 Å². The molecule has 0 radical (unpaired) electrons. The van der Waals surface area contributed by atoms with Crippen molar-refractivity contribution in [2.75, 3.05) is 26.4 Å². The van der Waals surface area contributed by atoms with E-state index in [1.807, 2.05) is 20.8 Å². The quantitative estimate of drug-likeness (QED) is 0.0798. The highest BCUT2D eigenvalue weighted by molar-refractivity contribution is 7.66. The lowest BCUT2D eigenvalue weighted by molar-refractivity contribution is -0.108. The third kappa shape index (κ3) is 12.5. The maximum Gasteiger partial charge on any atom is 0.369 e. The molecule has 0 aliphatic carbocycles.